The van der Waals surface area contributed by atoms with Gasteiger partial charge in [0, 0.05) is 11.1 Å². The van der Waals surface area contributed by atoms with Crippen molar-refractivity contribution in [1.82, 2.24) is 24.9 Å². The summed E-state index contributed by atoms with van der Waals surface area (Å²) < 4.78 is 32.9. The van der Waals surface area contributed by atoms with Gasteiger partial charge in [-0.3, -0.25) is 4.79 Å². The number of amides is 1. The van der Waals surface area contributed by atoms with E-state index in [-0.39, 0.29) is 23.3 Å². The van der Waals surface area contributed by atoms with Crippen molar-refractivity contribution >= 4 is 22.5 Å². The zero-order chi connectivity index (χ0) is 21.4. The van der Waals surface area contributed by atoms with Gasteiger partial charge in [0.15, 0.2) is 0 Å². The van der Waals surface area contributed by atoms with Gasteiger partial charge in [-0.25, -0.2) is 13.8 Å². The zero-order valence-electron chi connectivity index (χ0n) is 16.6. The summed E-state index contributed by atoms with van der Waals surface area (Å²) in [5.41, 5.74) is 0.888. The summed E-state index contributed by atoms with van der Waals surface area (Å²) in [6.45, 7) is 3.41. The van der Waals surface area contributed by atoms with E-state index in [1.807, 2.05) is 43.3 Å². The minimum Gasteiger partial charge on any atom is -0.496 e. The summed E-state index contributed by atoms with van der Waals surface area (Å²) in [4.78, 5) is 20.8. The van der Waals surface area contributed by atoms with Gasteiger partial charge in [0.05, 0.1) is 13.2 Å². The number of nitrogens with zero attached hydrogens (tertiary/aromatic N) is 4. The molecule has 2 aromatic heterocycles. The molecule has 0 aliphatic carbocycles. The molecular weight excluding hydrogens is 392 g/mol. The van der Waals surface area contributed by atoms with Crippen molar-refractivity contribution in [2.45, 2.75) is 26.3 Å². The first-order valence-corrected chi connectivity index (χ1v) is 9.28. The Hall–Kier alpha value is -3.62. The van der Waals surface area contributed by atoms with Crippen molar-refractivity contribution in [2.24, 2.45) is 0 Å². The van der Waals surface area contributed by atoms with E-state index in [0.717, 1.165) is 26.6 Å². The number of halogens is 2. The van der Waals surface area contributed by atoms with Gasteiger partial charge in [-0.2, -0.15) is 9.50 Å². The maximum atomic E-state index is 13.3. The van der Waals surface area contributed by atoms with Gasteiger partial charge < -0.3 is 10.1 Å². The van der Waals surface area contributed by atoms with Gasteiger partial charge in [-0.05, 0) is 36.9 Å². The lowest BCUT2D eigenvalue weighted by molar-refractivity contribution is 0.0929. The van der Waals surface area contributed by atoms with Crippen LogP contribution in [0.1, 0.15) is 47.0 Å². The van der Waals surface area contributed by atoms with E-state index in [2.05, 4.69) is 20.4 Å². The highest BCUT2D eigenvalue weighted by molar-refractivity contribution is 5.94. The van der Waals surface area contributed by atoms with Crippen molar-refractivity contribution in [2.75, 3.05) is 7.11 Å². The monoisotopic (exact) mass is 411 g/mol. The second kappa shape index (κ2) is 7.66. The lowest BCUT2D eigenvalue weighted by Crippen LogP contribution is -2.27. The predicted octanol–water partition coefficient (Wildman–Crippen LogP) is 4.02. The smallest absolute Gasteiger partial charge is 0.291 e. The number of rotatable bonds is 5. The highest BCUT2D eigenvalue weighted by Crippen LogP contribution is 2.31. The molecule has 1 N–H and O–H groups in total. The molecule has 154 valence electrons. The van der Waals surface area contributed by atoms with E-state index in [9.17, 15) is 13.6 Å². The molecule has 1 amide bonds. The lowest BCUT2D eigenvalue weighted by Gasteiger charge is -2.17. The van der Waals surface area contributed by atoms with Crippen LogP contribution in [0.25, 0.3) is 16.6 Å². The maximum absolute atomic E-state index is 13.3. The molecule has 2 aromatic carbocycles. The Morgan fingerprint density at radius 2 is 1.87 bits per heavy atom. The Labute approximate surface area is 170 Å². The number of carbonyl (C=O) groups excluding carboxylic acids is 1. The van der Waals surface area contributed by atoms with E-state index < -0.39 is 12.3 Å². The summed E-state index contributed by atoms with van der Waals surface area (Å²) in [5.74, 6) is -0.112. The van der Waals surface area contributed by atoms with Crippen LogP contribution in [0.5, 0.6) is 5.75 Å². The van der Waals surface area contributed by atoms with Gasteiger partial charge in [-0.1, -0.05) is 30.3 Å². The van der Waals surface area contributed by atoms with Crippen molar-refractivity contribution in [1.29, 1.82) is 0 Å². The Morgan fingerprint density at radius 3 is 2.57 bits per heavy atom. The Kier molecular flexibility index (Phi) is 5.03. The molecule has 30 heavy (non-hydrogen) atoms. The number of nitrogens with one attached hydrogen (secondary N) is 1. The number of fused-ring (bicyclic) bond motifs is 2. The number of benzene rings is 2. The van der Waals surface area contributed by atoms with Crippen molar-refractivity contribution in [3.8, 4) is 5.75 Å². The molecular formula is C21H19F2N5O2. The molecule has 0 saturated carbocycles. The zero-order valence-corrected chi connectivity index (χ0v) is 16.6. The van der Waals surface area contributed by atoms with E-state index in [4.69, 9.17) is 4.74 Å². The third kappa shape index (κ3) is 3.42. The summed E-state index contributed by atoms with van der Waals surface area (Å²) >= 11 is 0. The van der Waals surface area contributed by atoms with Gasteiger partial charge in [-0.15, -0.1) is 5.10 Å². The molecule has 7 nitrogen and oxygen atoms in total. The molecule has 0 bridgehead atoms. The van der Waals surface area contributed by atoms with Crippen LogP contribution < -0.4 is 10.1 Å². The first kappa shape index (κ1) is 19.7. The fourth-order valence-corrected chi connectivity index (χ4v) is 3.46. The summed E-state index contributed by atoms with van der Waals surface area (Å²) in [7, 11) is 1.60. The Balaban J connectivity index is 1.66. The van der Waals surface area contributed by atoms with Gasteiger partial charge in [0.1, 0.15) is 11.4 Å². The van der Waals surface area contributed by atoms with Gasteiger partial charge >= 0.3 is 0 Å². The van der Waals surface area contributed by atoms with Crippen molar-refractivity contribution in [3.63, 3.8) is 0 Å². The van der Waals surface area contributed by atoms with Gasteiger partial charge in [0.25, 0.3) is 18.1 Å². The molecule has 0 spiro atoms. The van der Waals surface area contributed by atoms with Crippen molar-refractivity contribution in [3.05, 3.63) is 65.2 Å². The molecule has 0 saturated heterocycles. The Bertz CT molecular complexity index is 1260. The second-order valence-corrected chi connectivity index (χ2v) is 6.87. The van der Waals surface area contributed by atoms with E-state index >= 15 is 0 Å². The molecule has 2 heterocycles. The summed E-state index contributed by atoms with van der Waals surface area (Å²) in [5, 5.41) is 8.63. The third-order valence-corrected chi connectivity index (χ3v) is 4.85. The highest BCUT2D eigenvalue weighted by atomic mass is 19.3. The standard InChI is InChI=1S/C21H19F2N5O2/c1-11-10-16(18(22)23)28-21(24-11)26-19(27-28)20(29)25-12(2)13-8-9-17(30-3)15-7-5-4-6-14(13)15/h4-10,12,18H,1-3H3,(H,25,29)/t12-/m0/s1. The largest absolute Gasteiger partial charge is 0.496 e. The number of carbonyl (C=O) groups is 1. The minimum absolute atomic E-state index is 0.0435. The van der Waals surface area contributed by atoms with Crippen LogP contribution in [-0.2, 0) is 0 Å². The first-order chi connectivity index (χ1) is 14.4. The molecule has 0 radical (unpaired) electrons. The van der Waals surface area contributed by atoms with E-state index in [1.54, 1.807) is 14.0 Å². The molecule has 0 aliphatic heterocycles. The Morgan fingerprint density at radius 1 is 1.13 bits per heavy atom. The van der Waals surface area contributed by atoms with Gasteiger partial charge in [0.2, 0.25) is 5.82 Å². The van der Waals surface area contributed by atoms with E-state index in [0.29, 0.717) is 5.69 Å². The van der Waals surface area contributed by atoms with Crippen LogP contribution in [0.2, 0.25) is 0 Å². The highest BCUT2D eigenvalue weighted by Gasteiger charge is 2.22. The summed E-state index contributed by atoms with van der Waals surface area (Å²) in [6.07, 6.45) is -2.77. The quantitative estimate of drug-likeness (QED) is 0.536. The van der Waals surface area contributed by atoms with Crippen LogP contribution in [0.3, 0.4) is 0 Å². The number of methoxy groups -OCH3 is 1. The van der Waals surface area contributed by atoms with Crippen LogP contribution in [0, 0.1) is 6.92 Å². The molecule has 1 atom stereocenters. The number of hydrogen-bond acceptors (Lipinski definition) is 5. The average molecular weight is 411 g/mol. The molecule has 4 aromatic rings. The number of aryl methyl sites for hydroxylation is 1. The molecule has 0 aliphatic rings. The van der Waals surface area contributed by atoms with Crippen molar-refractivity contribution < 1.29 is 18.3 Å². The fraction of sp³-hybridized carbons (Fsp3) is 0.238. The van der Waals surface area contributed by atoms with Crippen LogP contribution in [0.4, 0.5) is 8.78 Å². The second-order valence-electron chi connectivity index (χ2n) is 6.87. The number of aromatic nitrogens is 4. The number of alkyl halides is 2. The maximum Gasteiger partial charge on any atom is 0.291 e. The van der Waals surface area contributed by atoms with Crippen LogP contribution in [-0.4, -0.2) is 32.6 Å². The lowest BCUT2D eigenvalue weighted by atomic mass is 9.99. The van der Waals surface area contributed by atoms with Crippen LogP contribution in [0.15, 0.2) is 42.5 Å². The van der Waals surface area contributed by atoms with Crippen LogP contribution >= 0.6 is 0 Å². The summed E-state index contributed by atoms with van der Waals surface area (Å²) in [6, 6.07) is 12.3. The fourth-order valence-electron chi connectivity index (χ4n) is 3.46. The average Bonchev–Trinajstić information content (AvgIpc) is 3.16. The molecule has 9 heteroatoms. The first-order valence-electron chi connectivity index (χ1n) is 9.28. The predicted molar refractivity (Wildman–Crippen MR) is 107 cm³/mol. The normalized spacial score (nSPS) is 12.5. The molecule has 4 rings (SSSR count). The topological polar surface area (TPSA) is 81.4 Å². The third-order valence-electron chi connectivity index (χ3n) is 4.85. The number of ether oxygens (including phenoxy) is 1. The minimum atomic E-state index is -2.77. The SMILES string of the molecule is COc1ccc([C@H](C)NC(=O)c2nc3nc(C)cc(C(F)F)n3n2)c2ccccc12. The molecule has 0 unspecified atom stereocenters. The van der Waals surface area contributed by atoms with E-state index in [1.165, 1.54) is 6.07 Å². The molecule has 0 fully saturated rings. The number of hydrogen-bond donors (Lipinski definition) is 1.